The van der Waals surface area contributed by atoms with E-state index in [-0.39, 0.29) is 11.8 Å². The Morgan fingerprint density at radius 2 is 1.22 bits per heavy atom. The molecule has 0 bridgehead atoms. The van der Waals surface area contributed by atoms with Gasteiger partial charge >= 0.3 is 0 Å². The number of amides is 2. The van der Waals surface area contributed by atoms with E-state index in [1.807, 2.05) is 79.7 Å². The minimum atomic E-state index is -0.157. The number of hydrogen-bond donors (Lipinski definition) is 2. The average molecular weight is 634 g/mol. The molecule has 0 fully saturated rings. The largest absolute Gasteiger partial charge is 0.347 e. The molecule has 226 valence electrons. The SMILES string of the molecule is Cc1ccc(CNC(=O)c2csc(Cc3ccncn3)n2)cc1.O=C(NCc1ccccc1)c1csc(Cc2ccncc2)n1. The van der Waals surface area contributed by atoms with Crippen molar-refractivity contribution >= 4 is 34.5 Å². The first-order chi connectivity index (χ1) is 22.0. The van der Waals surface area contributed by atoms with Crippen molar-refractivity contribution in [2.24, 2.45) is 0 Å². The van der Waals surface area contributed by atoms with E-state index in [9.17, 15) is 9.59 Å². The van der Waals surface area contributed by atoms with Crippen LogP contribution in [0.25, 0.3) is 0 Å². The predicted molar refractivity (Wildman–Crippen MR) is 176 cm³/mol. The lowest BCUT2D eigenvalue weighted by Gasteiger charge is -2.03. The maximum absolute atomic E-state index is 12.2. The van der Waals surface area contributed by atoms with Crippen molar-refractivity contribution in [2.75, 3.05) is 0 Å². The standard InChI is InChI=1S/C17H16N4OS.C17H15N3OS/c1-12-2-4-13(5-3-12)9-19-17(22)15-10-23-16(21-15)8-14-6-7-18-11-20-14;21-17(19-11-14-4-2-1-3-5-14)15-12-22-16(20-15)10-13-6-8-18-9-7-13/h2-7,10-11H,8-9H2,1H3,(H,19,22);1-9,12H,10-11H2,(H,19,21). The molecule has 6 aromatic rings. The molecule has 0 saturated heterocycles. The van der Waals surface area contributed by atoms with Gasteiger partial charge in [-0.2, -0.15) is 0 Å². The zero-order valence-electron chi connectivity index (χ0n) is 24.6. The van der Waals surface area contributed by atoms with E-state index < -0.39 is 0 Å². The van der Waals surface area contributed by atoms with Crippen molar-refractivity contribution in [3.63, 3.8) is 0 Å². The second kappa shape index (κ2) is 16.1. The fourth-order valence-corrected chi connectivity index (χ4v) is 5.69. The van der Waals surface area contributed by atoms with E-state index in [1.165, 1.54) is 34.6 Å². The smallest absolute Gasteiger partial charge is 0.271 e. The van der Waals surface area contributed by atoms with Crippen molar-refractivity contribution < 1.29 is 9.59 Å². The van der Waals surface area contributed by atoms with Gasteiger partial charge in [0, 0.05) is 55.3 Å². The van der Waals surface area contributed by atoms with Gasteiger partial charge in [0.2, 0.25) is 0 Å². The molecule has 11 heteroatoms. The first-order valence-electron chi connectivity index (χ1n) is 14.2. The van der Waals surface area contributed by atoms with Crippen LogP contribution in [-0.4, -0.2) is 36.7 Å². The van der Waals surface area contributed by atoms with E-state index >= 15 is 0 Å². The number of aryl methyl sites for hydroxylation is 1. The third-order valence-corrected chi connectivity index (χ3v) is 8.22. The predicted octanol–water partition coefficient (Wildman–Crippen LogP) is 5.82. The Balaban J connectivity index is 0.000000178. The van der Waals surface area contributed by atoms with Crippen LogP contribution in [0.2, 0.25) is 0 Å². The van der Waals surface area contributed by atoms with Crippen molar-refractivity contribution in [1.29, 1.82) is 0 Å². The summed E-state index contributed by atoms with van der Waals surface area (Å²) in [5.74, 6) is -0.295. The number of carbonyl (C=O) groups is 2. The Bertz CT molecular complexity index is 1790. The second-order valence-corrected chi connectivity index (χ2v) is 11.9. The molecule has 0 atom stereocenters. The van der Waals surface area contributed by atoms with E-state index in [2.05, 4.69) is 35.6 Å². The van der Waals surface area contributed by atoms with Crippen molar-refractivity contribution in [2.45, 2.75) is 32.9 Å². The summed E-state index contributed by atoms with van der Waals surface area (Å²) in [4.78, 5) is 45.1. The summed E-state index contributed by atoms with van der Waals surface area (Å²) >= 11 is 2.97. The molecule has 0 saturated carbocycles. The Morgan fingerprint density at radius 1 is 0.644 bits per heavy atom. The van der Waals surface area contributed by atoms with E-state index in [0.29, 0.717) is 30.9 Å². The number of rotatable bonds is 10. The first kappa shape index (κ1) is 31.3. The minimum Gasteiger partial charge on any atom is -0.347 e. The van der Waals surface area contributed by atoms with Crippen LogP contribution in [0.1, 0.15) is 58.9 Å². The Kier molecular flexibility index (Phi) is 11.2. The number of thiazole rings is 2. The third kappa shape index (κ3) is 9.95. The molecule has 2 aromatic carbocycles. The van der Waals surface area contributed by atoms with Crippen LogP contribution in [0.15, 0.2) is 108 Å². The summed E-state index contributed by atoms with van der Waals surface area (Å²) in [6, 6.07) is 23.7. The molecule has 4 aromatic heterocycles. The van der Waals surface area contributed by atoms with Gasteiger partial charge in [-0.3, -0.25) is 14.6 Å². The minimum absolute atomic E-state index is 0.138. The van der Waals surface area contributed by atoms with Crippen LogP contribution in [0.3, 0.4) is 0 Å². The highest BCUT2D eigenvalue weighted by atomic mass is 32.1. The molecule has 0 aliphatic heterocycles. The van der Waals surface area contributed by atoms with Gasteiger partial charge in [-0.1, -0.05) is 60.2 Å². The molecule has 0 spiro atoms. The Morgan fingerprint density at radius 3 is 1.82 bits per heavy atom. The molecule has 2 amide bonds. The van der Waals surface area contributed by atoms with Crippen molar-refractivity contribution in [3.8, 4) is 0 Å². The highest BCUT2D eigenvalue weighted by Gasteiger charge is 2.12. The fourth-order valence-electron chi connectivity index (χ4n) is 4.09. The van der Waals surface area contributed by atoms with Gasteiger partial charge in [0.05, 0.1) is 15.7 Å². The van der Waals surface area contributed by atoms with Crippen LogP contribution in [0, 0.1) is 6.92 Å². The number of benzene rings is 2. The summed E-state index contributed by atoms with van der Waals surface area (Å²) in [6.07, 6.45) is 8.06. The van der Waals surface area contributed by atoms with E-state index in [0.717, 1.165) is 38.8 Å². The summed E-state index contributed by atoms with van der Waals surface area (Å²) in [5.41, 5.74) is 6.30. The maximum atomic E-state index is 12.2. The van der Waals surface area contributed by atoms with Gasteiger partial charge in [-0.25, -0.2) is 19.9 Å². The number of carbonyl (C=O) groups excluding carboxylic acids is 2. The number of nitrogens with one attached hydrogen (secondary N) is 2. The molecule has 0 aliphatic carbocycles. The highest BCUT2D eigenvalue weighted by Crippen LogP contribution is 2.15. The van der Waals surface area contributed by atoms with Gasteiger partial charge in [0.15, 0.2) is 0 Å². The molecular formula is C34H31N7O2S2. The van der Waals surface area contributed by atoms with E-state index in [1.54, 1.807) is 29.4 Å². The summed E-state index contributed by atoms with van der Waals surface area (Å²) in [7, 11) is 0. The molecule has 0 radical (unpaired) electrons. The lowest BCUT2D eigenvalue weighted by Crippen LogP contribution is -2.23. The number of nitrogens with zero attached hydrogens (tertiary/aromatic N) is 5. The normalized spacial score (nSPS) is 10.4. The topological polar surface area (TPSA) is 123 Å². The van der Waals surface area contributed by atoms with Gasteiger partial charge in [0.1, 0.15) is 17.7 Å². The van der Waals surface area contributed by atoms with Crippen LogP contribution in [0.5, 0.6) is 0 Å². The molecule has 0 unspecified atom stereocenters. The van der Waals surface area contributed by atoms with Gasteiger partial charge in [-0.15, -0.1) is 22.7 Å². The maximum Gasteiger partial charge on any atom is 0.271 e. The van der Waals surface area contributed by atoms with Crippen LogP contribution >= 0.6 is 22.7 Å². The van der Waals surface area contributed by atoms with Crippen molar-refractivity contribution in [3.05, 3.63) is 158 Å². The molecule has 9 nitrogen and oxygen atoms in total. The number of hydrogen-bond acceptors (Lipinski definition) is 9. The second-order valence-electron chi connectivity index (χ2n) is 10.00. The summed E-state index contributed by atoms with van der Waals surface area (Å²) < 4.78 is 0. The fraction of sp³-hybridized carbons (Fsp3) is 0.147. The number of aromatic nitrogens is 5. The van der Waals surface area contributed by atoms with Gasteiger partial charge < -0.3 is 10.6 Å². The van der Waals surface area contributed by atoms with Crippen LogP contribution < -0.4 is 10.6 Å². The van der Waals surface area contributed by atoms with Gasteiger partial charge in [0.25, 0.3) is 11.8 Å². The quantitative estimate of drug-likeness (QED) is 0.195. The number of pyridine rings is 1. The molecule has 6 rings (SSSR count). The molecule has 4 heterocycles. The molecule has 45 heavy (non-hydrogen) atoms. The summed E-state index contributed by atoms with van der Waals surface area (Å²) in [5, 5.41) is 11.2. The van der Waals surface area contributed by atoms with Gasteiger partial charge in [-0.05, 0) is 41.8 Å². The summed E-state index contributed by atoms with van der Waals surface area (Å²) in [6.45, 7) is 3.05. The van der Waals surface area contributed by atoms with Crippen molar-refractivity contribution in [1.82, 2.24) is 35.6 Å². The monoisotopic (exact) mass is 633 g/mol. The zero-order chi connectivity index (χ0) is 31.3. The lowest BCUT2D eigenvalue weighted by atomic mass is 10.1. The third-order valence-electron chi connectivity index (χ3n) is 6.52. The molecule has 0 aliphatic rings. The first-order valence-corrected chi connectivity index (χ1v) is 16.0. The highest BCUT2D eigenvalue weighted by molar-refractivity contribution is 7.10. The molecular weight excluding hydrogens is 603 g/mol. The Labute approximate surface area is 269 Å². The Hall–Kier alpha value is -5.13. The molecule has 2 N–H and O–H groups in total. The van der Waals surface area contributed by atoms with Crippen LogP contribution in [-0.2, 0) is 25.9 Å². The zero-order valence-corrected chi connectivity index (χ0v) is 26.2. The van der Waals surface area contributed by atoms with E-state index in [4.69, 9.17) is 0 Å². The lowest BCUT2D eigenvalue weighted by molar-refractivity contribution is 0.0938. The van der Waals surface area contributed by atoms with Crippen LogP contribution in [0.4, 0.5) is 0 Å². The average Bonchev–Trinajstić information content (AvgIpc) is 3.75.